The number of hydrogen-bond acceptors (Lipinski definition) is 4. The van der Waals surface area contributed by atoms with E-state index >= 15 is 0 Å². The van der Waals surface area contributed by atoms with Crippen LogP contribution in [0.15, 0.2) is 41.4 Å². The fourth-order valence-electron chi connectivity index (χ4n) is 2.77. The summed E-state index contributed by atoms with van der Waals surface area (Å²) in [5.41, 5.74) is 2.26. The number of ether oxygens (including phenoxy) is 3. The molecule has 2 N–H and O–H groups in total. The first kappa shape index (κ1) is 23.2. The van der Waals surface area contributed by atoms with Crippen molar-refractivity contribution in [2.75, 3.05) is 27.9 Å². The summed E-state index contributed by atoms with van der Waals surface area (Å²) in [7, 11) is 4.73. The molecule has 0 aliphatic rings. The quantitative estimate of drug-likeness (QED) is 0.497. The molecular formula is C21H26F3N3O3. The Morgan fingerprint density at radius 1 is 0.967 bits per heavy atom. The van der Waals surface area contributed by atoms with Crippen molar-refractivity contribution in [1.29, 1.82) is 0 Å². The number of hydrogen-bond donors (Lipinski definition) is 2. The molecule has 0 fully saturated rings. The molecule has 0 heterocycles. The molecule has 0 aliphatic carbocycles. The van der Waals surface area contributed by atoms with Gasteiger partial charge in [0.1, 0.15) is 5.75 Å². The molecule has 9 heteroatoms. The Morgan fingerprint density at radius 3 is 2.27 bits per heavy atom. The highest BCUT2D eigenvalue weighted by Gasteiger charge is 2.28. The fraction of sp³-hybridized carbons (Fsp3) is 0.381. The minimum absolute atomic E-state index is 0.185. The standard InChI is InChI=1S/C21H26F3N3O3/c1-14-8-9-15(18(10-14)30-13-21(22,23)24)11-26-20(25-2)27-12-16-6-5-7-17(28-3)19(16)29-4/h5-10H,11-13H2,1-4H3,(H2,25,26,27). The second-order valence-electron chi connectivity index (χ2n) is 6.45. The monoisotopic (exact) mass is 425 g/mol. The second-order valence-corrected chi connectivity index (χ2v) is 6.45. The van der Waals surface area contributed by atoms with Crippen LogP contribution in [0.25, 0.3) is 0 Å². The molecule has 0 saturated carbocycles. The normalized spacial score (nSPS) is 11.8. The SMILES string of the molecule is CN=C(NCc1ccc(C)cc1OCC(F)(F)F)NCc1cccc(OC)c1OC. The molecule has 6 nitrogen and oxygen atoms in total. The molecule has 0 bridgehead atoms. The molecule has 164 valence electrons. The van der Waals surface area contributed by atoms with Crippen molar-refractivity contribution in [1.82, 2.24) is 10.6 Å². The van der Waals surface area contributed by atoms with Gasteiger partial charge in [-0.15, -0.1) is 0 Å². The van der Waals surface area contributed by atoms with Gasteiger partial charge in [-0.1, -0.05) is 24.3 Å². The van der Waals surface area contributed by atoms with Gasteiger partial charge in [0, 0.05) is 31.3 Å². The number of rotatable bonds is 8. The molecule has 30 heavy (non-hydrogen) atoms. The van der Waals surface area contributed by atoms with E-state index in [1.165, 1.54) is 0 Å². The average molecular weight is 425 g/mol. The maximum Gasteiger partial charge on any atom is 0.422 e. The van der Waals surface area contributed by atoms with Crippen LogP contribution in [0.5, 0.6) is 17.2 Å². The smallest absolute Gasteiger partial charge is 0.422 e. The molecule has 0 saturated heterocycles. The van der Waals surface area contributed by atoms with Crippen LogP contribution in [0, 0.1) is 6.92 Å². The summed E-state index contributed by atoms with van der Waals surface area (Å²) in [6.45, 7) is 1.10. The highest BCUT2D eigenvalue weighted by atomic mass is 19.4. The summed E-state index contributed by atoms with van der Waals surface area (Å²) in [5.74, 6) is 1.89. The maximum absolute atomic E-state index is 12.5. The van der Waals surface area contributed by atoms with Crippen molar-refractivity contribution in [3.8, 4) is 17.2 Å². The van der Waals surface area contributed by atoms with Gasteiger partial charge in [0.2, 0.25) is 0 Å². The molecular weight excluding hydrogens is 399 g/mol. The summed E-state index contributed by atoms with van der Waals surface area (Å²) < 4.78 is 53.3. The van der Waals surface area contributed by atoms with Crippen molar-refractivity contribution in [2.24, 2.45) is 4.99 Å². The van der Waals surface area contributed by atoms with Gasteiger partial charge in [-0.25, -0.2) is 0 Å². The summed E-state index contributed by atoms with van der Waals surface area (Å²) in [6, 6.07) is 10.7. The van der Waals surface area contributed by atoms with Crippen LogP contribution < -0.4 is 24.8 Å². The summed E-state index contributed by atoms with van der Waals surface area (Å²) in [4.78, 5) is 4.15. The number of alkyl halides is 3. The van der Waals surface area contributed by atoms with Crippen molar-refractivity contribution >= 4 is 5.96 Å². The summed E-state index contributed by atoms with van der Waals surface area (Å²) in [5, 5.41) is 6.24. The number of para-hydroxylation sites is 1. The number of nitrogens with zero attached hydrogens (tertiary/aromatic N) is 1. The molecule has 2 rings (SSSR count). The van der Waals surface area contributed by atoms with Crippen molar-refractivity contribution < 1.29 is 27.4 Å². The minimum atomic E-state index is -4.40. The predicted molar refractivity (Wildman–Crippen MR) is 109 cm³/mol. The topological polar surface area (TPSA) is 64.1 Å². The fourth-order valence-corrected chi connectivity index (χ4v) is 2.77. The molecule has 2 aromatic rings. The molecule has 0 atom stereocenters. The van der Waals surface area contributed by atoms with E-state index in [1.807, 2.05) is 18.2 Å². The van der Waals surface area contributed by atoms with Gasteiger partial charge >= 0.3 is 6.18 Å². The zero-order valence-electron chi connectivity index (χ0n) is 17.4. The van der Waals surface area contributed by atoms with E-state index < -0.39 is 12.8 Å². The first-order chi connectivity index (χ1) is 14.3. The van der Waals surface area contributed by atoms with E-state index in [1.54, 1.807) is 46.4 Å². The van der Waals surface area contributed by atoms with Gasteiger partial charge in [0.15, 0.2) is 24.1 Å². The maximum atomic E-state index is 12.5. The van der Waals surface area contributed by atoms with Gasteiger partial charge in [-0.3, -0.25) is 4.99 Å². The van der Waals surface area contributed by atoms with Crippen molar-refractivity contribution in [3.05, 3.63) is 53.1 Å². The first-order valence-corrected chi connectivity index (χ1v) is 9.21. The lowest BCUT2D eigenvalue weighted by atomic mass is 10.1. The Morgan fingerprint density at radius 2 is 1.67 bits per heavy atom. The number of aryl methyl sites for hydroxylation is 1. The van der Waals surface area contributed by atoms with Gasteiger partial charge in [0.25, 0.3) is 0 Å². The number of aliphatic imine (C=N–C) groups is 1. The number of benzene rings is 2. The van der Waals surface area contributed by atoms with Crippen LogP contribution >= 0.6 is 0 Å². The third kappa shape index (κ3) is 6.75. The average Bonchev–Trinajstić information content (AvgIpc) is 2.72. The molecule has 0 amide bonds. The van der Waals surface area contributed by atoms with Gasteiger partial charge < -0.3 is 24.8 Å². The largest absolute Gasteiger partial charge is 0.493 e. The van der Waals surface area contributed by atoms with Gasteiger partial charge in [0.05, 0.1) is 14.2 Å². The third-order valence-corrected chi connectivity index (χ3v) is 4.21. The lowest BCUT2D eigenvalue weighted by Gasteiger charge is -2.17. The van der Waals surface area contributed by atoms with Gasteiger partial charge in [-0.2, -0.15) is 13.2 Å². The Labute approximate surface area is 174 Å². The minimum Gasteiger partial charge on any atom is -0.493 e. The number of nitrogens with one attached hydrogen (secondary N) is 2. The van der Waals surface area contributed by atoms with Crippen LogP contribution in [0.1, 0.15) is 16.7 Å². The Hall–Kier alpha value is -3.10. The summed E-state index contributed by atoms with van der Waals surface area (Å²) >= 11 is 0. The highest BCUT2D eigenvalue weighted by Crippen LogP contribution is 2.30. The van der Waals surface area contributed by atoms with Crippen LogP contribution in [-0.4, -0.2) is 40.0 Å². The third-order valence-electron chi connectivity index (χ3n) is 4.21. The second kappa shape index (κ2) is 10.6. The Kier molecular flexibility index (Phi) is 8.20. The van der Waals surface area contributed by atoms with E-state index in [4.69, 9.17) is 14.2 Å². The number of methoxy groups -OCH3 is 2. The van der Waals surface area contributed by atoms with Crippen molar-refractivity contribution in [2.45, 2.75) is 26.2 Å². The van der Waals surface area contributed by atoms with Gasteiger partial charge in [-0.05, 0) is 24.6 Å². The lowest BCUT2D eigenvalue weighted by Crippen LogP contribution is -2.36. The Balaban J connectivity index is 2.03. The molecule has 2 aromatic carbocycles. The zero-order valence-corrected chi connectivity index (χ0v) is 17.4. The van der Waals surface area contributed by atoms with E-state index in [2.05, 4.69) is 15.6 Å². The van der Waals surface area contributed by atoms with Crippen molar-refractivity contribution in [3.63, 3.8) is 0 Å². The van der Waals surface area contributed by atoms with Crippen LogP contribution in [-0.2, 0) is 13.1 Å². The van der Waals surface area contributed by atoms with E-state index in [9.17, 15) is 13.2 Å². The number of halogens is 3. The van der Waals surface area contributed by atoms with Crippen LogP contribution in [0.2, 0.25) is 0 Å². The first-order valence-electron chi connectivity index (χ1n) is 9.21. The lowest BCUT2D eigenvalue weighted by molar-refractivity contribution is -0.153. The highest BCUT2D eigenvalue weighted by molar-refractivity contribution is 5.79. The number of guanidine groups is 1. The summed E-state index contributed by atoms with van der Waals surface area (Å²) in [6.07, 6.45) is -4.40. The predicted octanol–water partition coefficient (Wildman–Crippen LogP) is 3.82. The molecule has 0 spiro atoms. The molecule has 0 aliphatic heterocycles. The van der Waals surface area contributed by atoms with E-state index in [0.717, 1.165) is 11.1 Å². The Bertz CT molecular complexity index is 870. The van der Waals surface area contributed by atoms with Crippen LogP contribution in [0.4, 0.5) is 13.2 Å². The van der Waals surface area contributed by atoms with E-state index in [0.29, 0.717) is 29.6 Å². The zero-order chi connectivity index (χ0) is 22.1. The molecule has 0 radical (unpaired) electrons. The van der Waals surface area contributed by atoms with E-state index in [-0.39, 0.29) is 12.3 Å². The van der Waals surface area contributed by atoms with Crippen LogP contribution in [0.3, 0.4) is 0 Å². The molecule has 0 aromatic heterocycles. The molecule has 0 unspecified atom stereocenters.